The maximum absolute atomic E-state index is 12.1. The molecule has 1 fully saturated rings. The van der Waals surface area contributed by atoms with Crippen LogP contribution >= 0.6 is 0 Å². The third-order valence-corrected chi connectivity index (χ3v) is 3.50. The number of anilines is 2. The van der Waals surface area contributed by atoms with Crippen LogP contribution in [0.4, 0.5) is 11.4 Å². The van der Waals surface area contributed by atoms with Crippen molar-refractivity contribution in [2.75, 3.05) is 23.3 Å². The van der Waals surface area contributed by atoms with Crippen molar-refractivity contribution in [3.05, 3.63) is 23.8 Å². The van der Waals surface area contributed by atoms with Gasteiger partial charge < -0.3 is 10.6 Å². The van der Waals surface area contributed by atoms with E-state index in [9.17, 15) is 9.59 Å². The van der Waals surface area contributed by atoms with Crippen molar-refractivity contribution >= 4 is 23.2 Å². The van der Waals surface area contributed by atoms with Crippen molar-refractivity contribution in [1.82, 2.24) is 5.32 Å². The van der Waals surface area contributed by atoms with Crippen LogP contribution in [-0.2, 0) is 16.0 Å². The number of nitrogens with one attached hydrogen (secondary N) is 2. The summed E-state index contributed by atoms with van der Waals surface area (Å²) in [5.41, 5.74) is 2.70. The predicted octanol–water partition coefficient (Wildman–Crippen LogP) is 0.506. The van der Waals surface area contributed by atoms with Gasteiger partial charge in [-0.3, -0.25) is 14.5 Å². The Morgan fingerprint density at radius 1 is 1.39 bits per heavy atom. The number of nitrogens with zero attached hydrogens (tertiary/aromatic N) is 1. The Morgan fingerprint density at radius 2 is 2.22 bits per heavy atom. The van der Waals surface area contributed by atoms with Gasteiger partial charge in [0, 0.05) is 6.54 Å². The molecule has 0 aliphatic carbocycles. The lowest BCUT2D eigenvalue weighted by Gasteiger charge is -2.40. The van der Waals surface area contributed by atoms with Crippen LogP contribution in [0.15, 0.2) is 18.2 Å². The molecular weight excluding hydrogens is 230 g/mol. The van der Waals surface area contributed by atoms with Crippen molar-refractivity contribution in [2.24, 2.45) is 0 Å². The Bertz CT molecular complexity index is 527. The van der Waals surface area contributed by atoms with Gasteiger partial charge in [-0.2, -0.15) is 0 Å². The molecular formula is C13H15N3O2. The average molecular weight is 245 g/mol. The van der Waals surface area contributed by atoms with E-state index in [0.29, 0.717) is 13.1 Å². The SMILES string of the molecule is CCc1cccc2c1N1C(=O)CNCC1C(=O)N2. The monoisotopic (exact) mass is 245 g/mol. The molecule has 5 nitrogen and oxygen atoms in total. The molecule has 0 bridgehead atoms. The second-order valence-corrected chi connectivity index (χ2v) is 4.57. The third-order valence-electron chi connectivity index (χ3n) is 3.50. The third kappa shape index (κ3) is 1.51. The molecule has 2 aliphatic rings. The Labute approximate surface area is 105 Å². The summed E-state index contributed by atoms with van der Waals surface area (Å²) >= 11 is 0. The second-order valence-electron chi connectivity index (χ2n) is 4.57. The van der Waals surface area contributed by atoms with Gasteiger partial charge in [-0.05, 0) is 18.1 Å². The van der Waals surface area contributed by atoms with E-state index in [-0.39, 0.29) is 11.8 Å². The topological polar surface area (TPSA) is 61.4 Å². The smallest absolute Gasteiger partial charge is 0.248 e. The minimum Gasteiger partial charge on any atom is -0.322 e. The van der Waals surface area contributed by atoms with Crippen molar-refractivity contribution < 1.29 is 9.59 Å². The van der Waals surface area contributed by atoms with Crippen molar-refractivity contribution in [3.8, 4) is 0 Å². The quantitative estimate of drug-likeness (QED) is 0.757. The lowest BCUT2D eigenvalue weighted by Crippen LogP contribution is -2.61. The zero-order valence-corrected chi connectivity index (χ0v) is 10.2. The van der Waals surface area contributed by atoms with Crippen LogP contribution in [0.3, 0.4) is 0 Å². The number of hydrogen-bond acceptors (Lipinski definition) is 3. The molecule has 1 atom stereocenters. The van der Waals surface area contributed by atoms with Gasteiger partial charge in [0.15, 0.2) is 0 Å². The van der Waals surface area contributed by atoms with Gasteiger partial charge in [0.1, 0.15) is 6.04 Å². The number of carbonyl (C=O) groups is 2. The molecule has 1 aromatic carbocycles. The number of aryl methyl sites for hydroxylation is 1. The molecule has 2 heterocycles. The second kappa shape index (κ2) is 4.10. The van der Waals surface area contributed by atoms with E-state index in [1.54, 1.807) is 4.90 Å². The highest BCUT2D eigenvalue weighted by atomic mass is 16.2. The minimum absolute atomic E-state index is 0.0387. The molecule has 3 rings (SSSR count). The molecule has 0 radical (unpaired) electrons. The Balaban J connectivity index is 2.17. The lowest BCUT2D eigenvalue weighted by atomic mass is 10.0. The molecule has 0 saturated carbocycles. The molecule has 2 aliphatic heterocycles. The van der Waals surface area contributed by atoms with Gasteiger partial charge in [-0.15, -0.1) is 0 Å². The summed E-state index contributed by atoms with van der Waals surface area (Å²) in [5, 5.41) is 5.86. The lowest BCUT2D eigenvalue weighted by molar-refractivity contribution is -0.124. The van der Waals surface area contributed by atoms with Crippen LogP contribution in [0.2, 0.25) is 0 Å². The van der Waals surface area contributed by atoms with Gasteiger partial charge >= 0.3 is 0 Å². The summed E-state index contributed by atoms with van der Waals surface area (Å²) in [4.78, 5) is 25.7. The fraction of sp³-hybridized carbons (Fsp3) is 0.385. The predicted molar refractivity (Wildman–Crippen MR) is 68.6 cm³/mol. The first-order valence-electron chi connectivity index (χ1n) is 6.18. The zero-order valence-electron chi connectivity index (χ0n) is 10.2. The van der Waals surface area contributed by atoms with E-state index >= 15 is 0 Å². The molecule has 94 valence electrons. The molecule has 1 saturated heterocycles. The van der Waals surface area contributed by atoms with Gasteiger partial charge in [-0.25, -0.2) is 0 Å². The number of para-hydroxylation sites is 1. The average Bonchev–Trinajstić information content (AvgIpc) is 2.38. The maximum atomic E-state index is 12.1. The number of amides is 2. The normalized spacial score (nSPS) is 22.3. The zero-order chi connectivity index (χ0) is 12.7. The van der Waals surface area contributed by atoms with Crippen LogP contribution in [-0.4, -0.2) is 30.9 Å². The van der Waals surface area contributed by atoms with E-state index in [1.807, 2.05) is 25.1 Å². The van der Waals surface area contributed by atoms with Crippen molar-refractivity contribution in [1.29, 1.82) is 0 Å². The Hall–Kier alpha value is -1.88. The summed E-state index contributed by atoms with van der Waals surface area (Å²) in [6.07, 6.45) is 0.836. The van der Waals surface area contributed by atoms with Crippen LogP contribution in [0.25, 0.3) is 0 Å². The molecule has 2 amide bonds. The molecule has 0 spiro atoms. The number of piperazine rings is 1. The van der Waals surface area contributed by atoms with Crippen LogP contribution in [0.5, 0.6) is 0 Å². The molecule has 1 unspecified atom stereocenters. The van der Waals surface area contributed by atoms with Gasteiger partial charge in [0.2, 0.25) is 11.8 Å². The van der Waals surface area contributed by atoms with Crippen LogP contribution in [0.1, 0.15) is 12.5 Å². The Morgan fingerprint density at radius 3 is 3.00 bits per heavy atom. The highest BCUT2D eigenvalue weighted by molar-refractivity contribution is 6.13. The summed E-state index contributed by atoms with van der Waals surface area (Å²) in [6, 6.07) is 5.33. The fourth-order valence-electron chi connectivity index (χ4n) is 2.63. The van der Waals surface area contributed by atoms with Crippen molar-refractivity contribution in [3.63, 3.8) is 0 Å². The van der Waals surface area contributed by atoms with Gasteiger partial charge in [0.25, 0.3) is 0 Å². The van der Waals surface area contributed by atoms with Gasteiger partial charge in [-0.1, -0.05) is 19.1 Å². The van der Waals surface area contributed by atoms with E-state index in [4.69, 9.17) is 0 Å². The first kappa shape index (κ1) is 11.2. The van der Waals surface area contributed by atoms with E-state index in [0.717, 1.165) is 23.4 Å². The minimum atomic E-state index is -0.425. The highest BCUT2D eigenvalue weighted by Gasteiger charge is 2.39. The number of hydrogen-bond donors (Lipinski definition) is 2. The van der Waals surface area contributed by atoms with E-state index < -0.39 is 6.04 Å². The highest BCUT2D eigenvalue weighted by Crippen LogP contribution is 2.36. The summed E-state index contributed by atoms with van der Waals surface area (Å²) in [5.74, 6) is -0.153. The number of fused-ring (bicyclic) bond motifs is 3. The molecule has 0 aromatic heterocycles. The number of benzene rings is 1. The molecule has 18 heavy (non-hydrogen) atoms. The Kier molecular flexibility index (Phi) is 2.56. The first-order valence-corrected chi connectivity index (χ1v) is 6.18. The van der Waals surface area contributed by atoms with E-state index in [1.165, 1.54) is 0 Å². The maximum Gasteiger partial charge on any atom is 0.248 e. The van der Waals surface area contributed by atoms with Crippen molar-refractivity contribution in [2.45, 2.75) is 19.4 Å². The fourth-order valence-corrected chi connectivity index (χ4v) is 2.63. The van der Waals surface area contributed by atoms with Gasteiger partial charge in [0.05, 0.1) is 17.9 Å². The number of carbonyl (C=O) groups excluding carboxylic acids is 2. The summed E-state index contributed by atoms with van der Waals surface area (Å²) in [6.45, 7) is 2.85. The largest absolute Gasteiger partial charge is 0.322 e. The molecule has 2 N–H and O–H groups in total. The summed E-state index contributed by atoms with van der Waals surface area (Å²) < 4.78 is 0. The molecule has 5 heteroatoms. The van der Waals surface area contributed by atoms with Crippen LogP contribution in [0, 0.1) is 0 Å². The summed E-state index contributed by atoms with van der Waals surface area (Å²) in [7, 11) is 0. The number of rotatable bonds is 1. The standard InChI is InChI=1S/C13H15N3O2/c1-2-8-4-3-5-9-12(8)16-10(13(18)15-9)6-14-7-11(16)17/h3-5,10,14H,2,6-7H2,1H3,(H,15,18). The van der Waals surface area contributed by atoms with Crippen LogP contribution < -0.4 is 15.5 Å². The first-order chi connectivity index (χ1) is 8.72. The van der Waals surface area contributed by atoms with E-state index in [2.05, 4.69) is 10.6 Å². The molecule has 1 aromatic rings.